The molecule has 0 amide bonds. The molecule has 0 aromatic carbocycles. The summed E-state index contributed by atoms with van der Waals surface area (Å²) in [4.78, 5) is 2.65. The fourth-order valence-electron chi connectivity index (χ4n) is 3.42. The van der Waals surface area contributed by atoms with Crippen LogP contribution in [0.3, 0.4) is 0 Å². The van der Waals surface area contributed by atoms with Gasteiger partial charge < -0.3 is 5.32 Å². The van der Waals surface area contributed by atoms with Crippen molar-refractivity contribution in [3.8, 4) is 0 Å². The Hall–Kier alpha value is -0.870. The number of hydrogen-bond donors (Lipinski definition) is 1. The fraction of sp³-hybridized carbons (Fsp3) is 0.786. The molecule has 2 aliphatic heterocycles. The Labute approximate surface area is 109 Å². The van der Waals surface area contributed by atoms with Crippen LogP contribution in [0, 0.1) is 0 Å². The van der Waals surface area contributed by atoms with Gasteiger partial charge in [-0.15, -0.1) is 0 Å². The maximum Gasteiger partial charge on any atom is 0.0534 e. The molecule has 1 N–H and O–H groups in total. The predicted molar refractivity (Wildman–Crippen MR) is 72.4 cm³/mol. The SMILES string of the molecule is CCCn1cc(CNC2CCN3CCCC23)cn1. The molecule has 3 heterocycles. The van der Waals surface area contributed by atoms with Gasteiger partial charge in [0.15, 0.2) is 0 Å². The van der Waals surface area contributed by atoms with Gasteiger partial charge in [-0.05, 0) is 32.2 Å². The van der Waals surface area contributed by atoms with E-state index < -0.39 is 0 Å². The first-order chi connectivity index (χ1) is 8.86. The van der Waals surface area contributed by atoms with E-state index in [0.717, 1.165) is 25.6 Å². The zero-order chi connectivity index (χ0) is 12.4. The molecule has 2 atom stereocenters. The van der Waals surface area contributed by atoms with Crippen LogP contribution in [0.5, 0.6) is 0 Å². The van der Waals surface area contributed by atoms with Crippen molar-refractivity contribution < 1.29 is 0 Å². The largest absolute Gasteiger partial charge is 0.308 e. The van der Waals surface area contributed by atoms with Crippen molar-refractivity contribution in [2.24, 2.45) is 0 Å². The number of aryl methyl sites for hydroxylation is 1. The number of hydrogen-bond acceptors (Lipinski definition) is 3. The van der Waals surface area contributed by atoms with Crippen LogP contribution in [0.15, 0.2) is 12.4 Å². The molecule has 0 spiro atoms. The molecular weight excluding hydrogens is 224 g/mol. The second-order valence-corrected chi connectivity index (χ2v) is 5.63. The Morgan fingerprint density at radius 2 is 2.33 bits per heavy atom. The summed E-state index contributed by atoms with van der Waals surface area (Å²) in [5.41, 5.74) is 1.32. The highest BCUT2D eigenvalue weighted by Gasteiger charge is 2.36. The van der Waals surface area contributed by atoms with Gasteiger partial charge in [-0.2, -0.15) is 5.10 Å². The van der Waals surface area contributed by atoms with Gasteiger partial charge in [-0.3, -0.25) is 9.58 Å². The van der Waals surface area contributed by atoms with E-state index >= 15 is 0 Å². The summed E-state index contributed by atoms with van der Waals surface area (Å²) in [6, 6.07) is 1.50. The molecule has 18 heavy (non-hydrogen) atoms. The van der Waals surface area contributed by atoms with E-state index in [1.165, 1.54) is 37.9 Å². The average molecular weight is 248 g/mol. The van der Waals surface area contributed by atoms with Crippen LogP contribution in [-0.4, -0.2) is 39.9 Å². The van der Waals surface area contributed by atoms with E-state index in [-0.39, 0.29) is 0 Å². The molecule has 100 valence electrons. The van der Waals surface area contributed by atoms with Gasteiger partial charge in [0.05, 0.1) is 6.20 Å². The maximum atomic E-state index is 4.38. The molecule has 2 aliphatic rings. The lowest BCUT2D eigenvalue weighted by molar-refractivity contribution is 0.298. The van der Waals surface area contributed by atoms with Crippen LogP contribution in [-0.2, 0) is 13.1 Å². The summed E-state index contributed by atoms with van der Waals surface area (Å²) >= 11 is 0. The van der Waals surface area contributed by atoms with Gasteiger partial charge in [0, 0.05) is 43.5 Å². The Morgan fingerprint density at radius 3 is 3.22 bits per heavy atom. The molecule has 0 aliphatic carbocycles. The minimum Gasteiger partial charge on any atom is -0.308 e. The second kappa shape index (κ2) is 5.41. The van der Waals surface area contributed by atoms with E-state index in [0.29, 0.717) is 6.04 Å². The number of fused-ring (bicyclic) bond motifs is 1. The molecule has 0 radical (unpaired) electrons. The highest BCUT2D eigenvalue weighted by atomic mass is 15.3. The number of nitrogens with one attached hydrogen (secondary N) is 1. The number of rotatable bonds is 5. The van der Waals surface area contributed by atoms with Crippen LogP contribution in [0.1, 0.15) is 38.2 Å². The molecule has 2 fully saturated rings. The Kier molecular flexibility index (Phi) is 3.66. The van der Waals surface area contributed by atoms with E-state index in [1.807, 2.05) is 10.9 Å². The molecule has 4 heteroatoms. The minimum absolute atomic E-state index is 0.696. The summed E-state index contributed by atoms with van der Waals surface area (Å²) in [5, 5.41) is 8.11. The van der Waals surface area contributed by atoms with Gasteiger partial charge >= 0.3 is 0 Å². The first-order valence-corrected chi connectivity index (χ1v) is 7.35. The van der Waals surface area contributed by atoms with Crippen LogP contribution in [0.4, 0.5) is 0 Å². The van der Waals surface area contributed by atoms with Crippen molar-refractivity contribution in [3.05, 3.63) is 18.0 Å². The minimum atomic E-state index is 0.696. The van der Waals surface area contributed by atoms with Crippen molar-refractivity contribution in [2.45, 2.75) is 57.8 Å². The summed E-state index contributed by atoms with van der Waals surface area (Å²) in [6.07, 6.45) is 9.41. The standard InChI is InChI=1S/C14H24N4/c1-2-6-18-11-12(10-16-18)9-15-13-5-8-17-7-3-4-14(13)17/h10-11,13-15H,2-9H2,1H3. The molecule has 2 saturated heterocycles. The van der Waals surface area contributed by atoms with Crippen LogP contribution >= 0.6 is 0 Å². The monoisotopic (exact) mass is 248 g/mol. The summed E-state index contributed by atoms with van der Waals surface area (Å²) in [7, 11) is 0. The van der Waals surface area contributed by atoms with E-state index in [4.69, 9.17) is 0 Å². The molecule has 1 aromatic heterocycles. The van der Waals surface area contributed by atoms with Gasteiger partial charge in [0.1, 0.15) is 0 Å². The Morgan fingerprint density at radius 1 is 1.39 bits per heavy atom. The van der Waals surface area contributed by atoms with Gasteiger partial charge in [0.25, 0.3) is 0 Å². The van der Waals surface area contributed by atoms with Crippen LogP contribution < -0.4 is 5.32 Å². The van der Waals surface area contributed by atoms with Gasteiger partial charge in [-0.1, -0.05) is 6.92 Å². The Balaban J connectivity index is 1.51. The van der Waals surface area contributed by atoms with E-state index in [9.17, 15) is 0 Å². The summed E-state index contributed by atoms with van der Waals surface area (Å²) in [5.74, 6) is 0. The third kappa shape index (κ3) is 2.45. The molecule has 4 nitrogen and oxygen atoms in total. The van der Waals surface area contributed by atoms with E-state index in [2.05, 4.69) is 28.4 Å². The number of aromatic nitrogens is 2. The number of nitrogens with zero attached hydrogens (tertiary/aromatic N) is 3. The lowest BCUT2D eigenvalue weighted by Gasteiger charge is -2.20. The third-order valence-corrected chi connectivity index (χ3v) is 4.31. The van der Waals surface area contributed by atoms with Crippen LogP contribution in [0.25, 0.3) is 0 Å². The highest BCUT2D eigenvalue weighted by Crippen LogP contribution is 2.27. The Bertz CT molecular complexity index is 387. The lowest BCUT2D eigenvalue weighted by atomic mass is 10.1. The summed E-state index contributed by atoms with van der Waals surface area (Å²) < 4.78 is 2.05. The first-order valence-electron chi connectivity index (χ1n) is 7.35. The van der Waals surface area contributed by atoms with Crippen molar-refractivity contribution in [1.29, 1.82) is 0 Å². The van der Waals surface area contributed by atoms with Gasteiger partial charge in [0.2, 0.25) is 0 Å². The fourth-order valence-corrected chi connectivity index (χ4v) is 3.42. The molecule has 3 rings (SSSR count). The molecule has 2 unspecified atom stereocenters. The zero-order valence-corrected chi connectivity index (χ0v) is 11.3. The predicted octanol–water partition coefficient (Wildman–Crippen LogP) is 1.62. The topological polar surface area (TPSA) is 33.1 Å². The third-order valence-electron chi connectivity index (χ3n) is 4.31. The van der Waals surface area contributed by atoms with Crippen LogP contribution in [0.2, 0.25) is 0 Å². The smallest absolute Gasteiger partial charge is 0.0534 e. The average Bonchev–Trinajstić information content (AvgIpc) is 3.02. The molecule has 1 aromatic rings. The maximum absolute atomic E-state index is 4.38. The van der Waals surface area contributed by atoms with Crippen molar-refractivity contribution in [1.82, 2.24) is 20.0 Å². The van der Waals surface area contributed by atoms with Gasteiger partial charge in [-0.25, -0.2) is 0 Å². The molecule has 0 bridgehead atoms. The second-order valence-electron chi connectivity index (χ2n) is 5.63. The van der Waals surface area contributed by atoms with Crippen molar-refractivity contribution >= 4 is 0 Å². The molecular formula is C14H24N4. The first kappa shape index (κ1) is 12.2. The van der Waals surface area contributed by atoms with E-state index in [1.54, 1.807) is 0 Å². The highest BCUT2D eigenvalue weighted by molar-refractivity contribution is 5.05. The van der Waals surface area contributed by atoms with Crippen molar-refractivity contribution in [2.75, 3.05) is 13.1 Å². The quantitative estimate of drug-likeness (QED) is 0.859. The zero-order valence-electron chi connectivity index (χ0n) is 11.3. The summed E-state index contributed by atoms with van der Waals surface area (Å²) in [6.45, 7) is 6.79. The normalized spacial score (nSPS) is 27.8. The lowest BCUT2D eigenvalue weighted by Crippen LogP contribution is -2.38. The van der Waals surface area contributed by atoms with Crippen molar-refractivity contribution in [3.63, 3.8) is 0 Å². The molecule has 0 saturated carbocycles.